The molecule has 1 saturated carbocycles. The van der Waals surface area contributed by atoms with Crippen LogP contribution in [0.5, 0.6) is 0 Å². The third-order valence-corrected chi connectivity index (χ3v) is 3.04. The molecule has 13 heavy (non-hydrogen) atoms. The van der Waals surface area contributed by atoms with Gasteiger partial charge in [0.05, 0.1) is 12.7 Å². The Morgan fingerprint density at radius 1 is 1.38 bits per heavy atom. The Balaban J connectivity index is 1.79. The summed E-state index contributed by atoms with van der Waals surface area (Å²) in [6.45, 7) is 3.07. The van der Waals surface area contributed by atoms with Crippen LogP contribution in [-0.2, 0) is 4.74 Å². The van der Waals surface area contributed by atoms with Gasteiger partial charge in [0.2, 0.25) is 0 Å². The highest BCUT2D eigenvalue weighted by molar-refractivity contribution is 5.13. The zero-order chi connectivity index (χ0) is 9.26. The summed E-state index contributed by atoms with van der Waals surface area (Å²) in [5, 5.41) is 0. The third-order valence-electron chi connectivity index (χ3n) is 3.04. The first-order valence-electron chi connectivity index (χ1n) is 5.31. The maximum atomic E-state index is 5.88. The molecule has 2 heteroatoms. The Morgan fingerprint density at radius 2 is 2.15 bits per heavy atom. The van der Waals surface area contributed by atoms with Gasteiger partial charge in [0, 0.05) is 6.04 Å². The van der Waals surface area contributed by atoms with Crippen LogP contribution in [0.25, 0.3) is 0 Å². The van der Waals surface area contributed by atoms with Gasteiger partial charge >= 0.3 is 0 Å². The summed E-state index contributed by atoms with van der Waals surface area (Å²) >= 11 is 0. The molecular formula is C11H19NO. The lowest BCUT2D eigenvalue weighted by Crippen LogP contribution is -2.29. The van der Waals surface area contributed by atoms with Crippen LogP contribution in [0.1, 0.15) is 32.6 Å². The molecule has 1 fully saturated rings. The molecular weight excluding hydrogens is 162 g/mol. The number of hydrogen-bond acceptors (Lipinski definition) is 2. The van der Waals surface area contributed by atoms with Crippen LogP contribution in [0, 0.1) is 5.92 Å². The molecule has 0 radical (unpaired) electrons. The van der Waals surface area contributed by atoms with Crippen molar-refractivity contribution in [3.05, 3.63) is 11.6 Å². The summed E-state index contributed by atoms with van der Waals surface area (Å²) in [6, 6.07) is 0.278. The van der Waals surface area contributed by atoms with Gasteiger partial charge in [0.1, 0.15) is 0 Å². The molecule has 0 heterocycles. The number of nitrogens with two attached hydrogens (primary N) is 1. The van der Waals surface area contributed by atoms with Gasteiger partial charge < -0.3 is 10.5 Å². The van der Waals surface area contributed by atoms with Crippen molar-refractivity contribution in [2.24, 2.45) is 11.7 Å². The molecule has 2 N–H and O–H groups in total. The van der Waals surface area contributed by atoms with Crippen molar-refractivity contribution >= 4 is 0 Å². The van der Waals surface area contributed by atoms with Gasteiger partial charge in [-0.2, -0.15) is 0 Å². The zero-order valence-electron chi connectivity index (χ0n) is 8.33. The van der Waals surface area contributed by atoms with E-state index in [1.807, 2.05) is 0 Å². The van der Waals surface area contributed by atoms with Crippen LogP contribution in [0.4, 0.5) is 0 Å². The SMILES string of the molecule is CC1=CC(OCC2CC2)CCC1N. The molecule has 74 valence electrons. The molecule has 2 aliphatic rings. The van der Waals surface area contributed by atoms with E-state index in [9.17, 15) is 0 Å². The average Bonchev–Trinajstić information content (AvgIpc) is 2.91. The molecule has 2 unspecified atom stereocenters. The van der Waals surface area contributed by atoms with Crippen LogP contribution < -0.4 is 5.73 Å². The molecule has 2 nitrogen and oxygen atoms in total. The Labute approximate surface area is 80.1 Å². The van der Waals surface area contributed by atoms with Crippen LogP contribution in [0.15, 0.2) is 11.6 Å². The molecule has 2 atom stereocenters. The van der Waals surface area contributed by atoms with E-state index in [0.29, 0.717) is 6.10 Å². The van der Waals surface area contributed by atoms with Gasteiger partial charge in [-0.15, -0.1) is 0 Å². The van der Waals surface area contributed by atoms with Crippen molar-refractivity contribution in [1.29, 1.82) is 0 Å². The Hall–Kier alpha value is -0.340. The predicted molar refractivity (Wildman–Crippen MR) is 53.4 cm³/mol. The van der Waals surface area contributed by atoms with E-state index in [1.54, 1.807) is 0 Å². The minimum Gasteiger partial charge on any atom is -0.374 e. The molecule has 0 amide bonds. The molecule has 0 aliphatic heterocycles. The normalized spacial score (nSPS) is 34.5. The summed E-state index contributed by atoms with van der Waals surface area (Å²) < 4.78 is 5.79. The summed E-state index contributed by atoms with van der Waals surface area (Å²) in [4.78, 5) is 0. The second-order valence-electron chi connectivity index (χ2n) is 4.41. The van der Waals surface area contributed by atoms with Crippen LogP contribution >= 0.6 is 0 Å². The second-order valence-corrected chi connectivity index (χ2v) is 4.41. The van der Waals surface area contributed by atoms with E-state index < -0.39 is 0 Å². The summed E-state index contributed by atoms with van der Waals surface area (Å²) in [5.41, 5.74) is 7.18. The van der Waals surface area contributed by atoms with Crippen molar-refractivity contribution in [2.75, 3.05) is 6.61 Å². The van der Waals surface area contributed by atoms with Crippen molar-refractivity contribution in [3.63, 3.8) is 0 Å². The van der Waals surface area contributed by atoms with E-state index in [0.717, 1.165) is 25.4 Å². The fourth-order valence-corrected chi connectivity index (χ4v) is 1.75. The van der Waals surface area contributed by atoms with Gasteiger partial charge in [-0.25, -0.2) is 0 Å². The van der Waals surface area contributed by atoms with E-state index in [1.165, 1.54) is 18.4 Å². The minimum atomic E-state index is 0.278. The molecule has 0 aromatic rings. The largest absolute Gasteiger partial charge is 0.374 e. The second kappa shape index (κ2) is 3.81. The van der Waals surface area contributed by atoms with E-state index >= 15 is 0 Å². The Morgan fingerprint density at radius 3 is 2.77 bits per heavy atom. The van der Waals surface area contributed by atoms with Crippen molar-refractivity contribution < 1.29 is 4.74 Å². The highest BCUT2D eigenvalue weighted by Gasteiger charge is 2.24. The van der Waals surface area contributed by atoms with Crippen molar-refractivity contribution in [2.45, 2.75) is 44.8 Å². The summed E-state index contributed by atoms with van der Waals surface area (Å²) in [5.74, 6) is 0.865. The standard InChI is InChI=1S/C11H19NO/c1-8-6-10(4-5-11(8)12)13-7-9-2-3-9/h6,9-11H,2-5,7,12H2,1H3. The Kier molecular flexibility index (Phi) is 2.70. The topological polar surface area (TPSA) is 35.2 Å². The molecule has 0 spiro atoms. The highest BCUT2D eigenvalue weighted by atomic mass is 16.5. The van der Waals surface area contributed by atoms with E-state index in [4.69, 9.17) is 10.5 Å². The number of rotatable bonds is 3. The lowest BCUT2D eigenvalue weighted by Gasteiger charge is -2.24. The van der Waals surface area contributed by atoms with Gasteiger partial charge in [0.25, 0.3) is 0 Å². The molecule has 0 bridgehead atoms. The maximum absolute atomic E-state index is 5.88. The van der Waals surface area contributed by atoms with Crippen LogP contribution in [0.2, 0.25) is 0 Å². The molecule has 0 aromatic heterocycles. The molecule has 2 aliphatic carbocycles. The van der Waals surface area contributed by atoms with Gasteiger partial charge in [0.15, 0.2) is 0 Å². The van der Waals surface area contributed by atoms with E-state index in [2.05, 4.69) is 13.0 Å². The number of hydrogen-bond donors (Lipinski definition) is 1. The highest BCUT2D eigenvalue weighted by Crippen LogP contribution is 2.30. The monoisotopic (exact) mass is 181 g/mol. The third kappa shape index (κ3) is 2.55. The lowest BCUT2D eigenvalue weighted by molar-refractivity contribution is 0.0652. The first-order valence-corrected chi connectivity index (χ1v) is 5.31. The summed E-state index contributed by atoms with van der Waals surface area (Å²) in [6.07, 6.45) is 7.48. The minimum absolute atomic E-state index is 0.278. The van der Waals surface area contributed by atoms with Gasteiger partial charge in [-0.3, -0.25) is 0 Å². The molecule has 2 rings (SSSR count). The maximum Gasteiger partial charge on any atom is 0.0759 e. The smallest absolute Gasteiger partial charge is 0.0759 e. The van der Waals surface area contributed by atoms with Gasteiger partial charge in [-0.1, -0.05) is 11.6 Å². The van der Waals surface area contributed by atoms with E-state index in [-0.39, 0.29) is 6.04 Å². The lowest BCUT2D eigenvalue weighted by atomic mass is 9.94. The molecule has 0 saturated heterocycles. The fraction of sp³-hybridized carbons (Fsp3) is 0.818. The van der Waals surface area contributed by atoms with Crippen molar-refractivity contribution in [1.82, 2.24) is 0 Å². The average molecular weight is 181 g/mol. The quantitative estimate of drug-likeness (QED) is 0.674. The van der Waals surface area contributed by atoms with Gasteiger partial charge in [-0.05, 0) is 38.5 Å². The first-order chi connectivity index (χ1) is 6.25. The van der Waals surface area contributed by atoms with Crippen molar-refractivity contribution in [3.8, 4) is 0 Å². The Bertz CT molecular complexity index is 208. The zero-order valence-corrected chi connectivity index (χ0v) is 8.33. The van der Waals surface area contributed by atoms with Crippen LogP contribution in [-0.4, -0.2) is 18.8 Å². The van der Waals surface area contributed by atoms with Crippen LogP contribution in [0.3, 0.4) is 0 Å². The number of ether oxygens (including phenoxy) is 1. The summed E-state index contributed by atoms with van der Waals surface area (Å²) in [7, 11) is 0. The fourth-order valence-electron chi connectivity index (χ4n) is 1.75. The predicted octanol–water partition coefficient (Wildman–Crippen LogP) is 1.85. The molecule has 0 aromatic carbocycles. The first kappa shape index (κ1) is 9.22.